The molecule has 5 heteroatoms. The molecule has 1 atom stereocenters. The van der Waals surface area contributed by atoms with Crippen LogP contribution in [-0.2, 0) is 16.6 Å². The van der Waals surface area contributed by atoms with Crippen LogP contribution < -0.4 is 0 Å². The van der Waals surface area contributed by atoms with Crippen molar-refractivity contribution in [1.29, 1.82) is 0 Å². The van der Waals surface area contributed by atoms with Gasteiger partial charge in [-0.1, -0.05) is 17.7 Å². The molecule has 1 aromatic heterocycles. The molecule has 0 bridgehead atoms. The fraction of sp³-hybridized carbons (Fsp3) is 0.154. The molecule has 0 radical (unpaired) electrons. The summed E-state index contributed by atoms with van der Waals surface area (Å²) in [5, 5.41) is 10.7. The fourth-order valence-corrected chi connectivity index (χ4v) is 3.53. The first-order valence-corrected chi connectivity index (χ1v) is 7.52. The molecule has 0 spiro atoms. The number of aryl methyl sites for hydroxylation is 1. The van der Waals surface area contributed by atoms with Crippen LogP contribution >= 0.6 is 11.3 Å². The van der Waals surface area contributed by atoms with E-state index in [1.54, 1.807) is 11.4 Å². The number of rotatable bonds is 4. The van der Waals surface area contributed by atoms with Gasteiger partial charge in [-0.2, -0.15) is 0 Å². The average molecular weight is 280 g/mol. The van der Waals surface area contributed by atoms with Gasteiger partial charge in [0, 0.05) is 4.90 Å². The maximum atomic E-state index is 12.1. The van der Waals surface area contributed by atoms with Crippen molar-refractivity contribution < 1.29 is 14.1 Å². The second kappa shape index (κ2) is 5.46. The molecule has 2 rings (SSSR count). The third-order valence-electron chi connectivity index (χ3n) is 2.51. The summed E-state index contributed by atoms with van der Waals surface area (Å²) >= 11 is 1.16. The Morgan fingerprint density at radius 2 is 1.94 bits per heavy atom. The molecule has 1 unspecified atom stereocenters. The maximum absolute atomic E-state index is 12.1. The Bertz CT molecular complexity index is 585. The summed E-state index contributed by atoms with van der Waals surface area (Å²) in [5.41, 5.74) is 1.74. The Kier molecular flexibility index (Phi) is 3.93. The van der Waals surface area contributed by atoms with Gasteiger partial charge in [-0.25, -0.2) is 4.79 Å². The molecule has 1 heterocycles. The van der Waals surface area contributed by atoms with E-state index in [-0.39, 0.29) is 10.6 Å². The standard InChI is InChI=1S/C13H12O3S2/c1-9-2-4-11(5-3-9)18(16)8-10-6-7-17-12(10)13(14)15/h2-7H,8H2,1H3,(H,14,15). The van der Waals surface area contributed by atoms with Gasteiger partial charge in [0.25, 0.3) is 0 Å². The zero-order valence-corrected chi connectivity index (χ0v) is 11.4. The minimum absolute atomic E-state index is 0.244. The number of carbonyl (C=O) groups is 1. The number of hydrogen-bond donors (Lipinski definition) is 1. The lowest BCUT2D eigenvalue weighted by Crippen LogP contribution is -2.01. The quantitative estimate of drug-likeness (QED) is 0.936. The highest BCUT2D eigenvalue weighted by atomic mass is 32.2. The Morgan fingerprint density at radius 1 is 1.28 bits per heavy atom. The van der Waals surface area contributed by atoms with E-state index in [0.717, 1.165) is 21.8 Å². The Labute approximate surface area is 112 Å². The molecule has 1 aromatic carbocycles. The number of benzene rings is 1. The van der Waals surface area contributed by atoms with Gasteiger partial charge < -0.3 is 5.11 Å². The van der Waals surface area contributed by atoms with E-state index in [4.69, 9.17) is 5.11 Å². The van der Waals surface area contributed by atoms with Crippen molar-refractivity contribution in [1.82, 2.24) is 0 Å². The molecular formula is C13H12O3S2. The van der Waals surface area contributed by atoms with E-state index in [1.165, 1.54) is 0 Å². The number of carboxylic acids is 1. The summed E-state index contributed by atoms with van der Waals surface area (Å²) in [6, 6.07) is 9.16. The van der Waals surface area contributed by atoms with Crippen LogP contribution in [0.5, 0.6) is 0 Å². The van der Waals surface area contributed by atoms with Gasteiger partial charge in [0.2, 0.25) is 0 Å². The zero-order chi connectivity index (χ0) is 13.1. The minimum Gasteiger partial charge on any atom is -0.477 e. The predicted octanol–water partition coefficient (Wildman–Crippen LogP) is 3.06. The lowest BCUT2D eigenvalue weighted by Gasteiger charge is -2.02. The molecule has 3 nitrogen and oxygen atoms in total. The molecule has 1 N–H and O–H groups in total. The van der Waals surface area contributed by atoms with E-state index in [1.807, 2.05) is 31.2 Å². The molecular weight excluding hydrogens is 268 g/mol. The van der Waals surface area contributed by atoms with Crippen LogP contribution in [0.15, 0.2) is 40.6 Å². The average Bonchev–Trinajstić information content (AvgIpc) is 2.78. The summed E-state index contributed by atoms with van der Waals surface area (Å²) < 4.78 is 12.1. The van der Waals surface area contributed by atoms with Crippen LogP contribution in [0.25, 0.3) is 0 Å². The fourth-order valence-electron chi connectivity index (χ4n) is 1.55. The molecule has 0 fully saturated rings. The van der Waals surface area contributed by atoms with Crippen LogP contribution in [0.2, 0.25) is 0 Å². The predicted molar refractivity (Wildman–Crippen MR) is 72.6 cm³/mol. The van der Waals surface area contributed by atoms with Crippen LogP contribution in [-0.4, -0.2) is 15.3 Å². The number of hydrogen-bond acceptors (Lipinski definition) is 3. The topological polar surface area (TPSA) is 54.4 Å². The first-order chi connectivity index (χ1) is 8.58. The van der Waals surface area contributed by atoms with Crippen molar-refractivity contribution in [3.63, 3.8) is 0 Å². The van der Waals surface area contributed by atoms with E-state index >= 15 is 0 Å². The normalized spacial score (nSPS) is 12.3. The van der Waals surface area contributed by atoms with Gasteiger partial charge in [-0.05, 0) is 36.1 Å². The lowest BCUT2D eigenvalue weighted by molar-refractivity contribution is 0.0701. The van der Waals surface area contributed by atoms with Crippen molar-refractivity contribution in [2.75, 3.05) is 0 Å². The van der Waals surface area contributed by atoms with E-state index < -0.39 is 16.8 Å². The smallest absolute Gasteiger partial charge is 0.346 e. The highest BCUT2D eigenvalue weighted by Gasteiger charge is 2.14. The second-order valence-electron chi connectivity index (χ2n) is 3.88. The van der Waals surface area contributed by atoms with Crippen LogP contribution in [0.1, 0.15) is 20.8 Å². The van der Waals surface area contributed by atoms with E-state index in [9.17, 15) is 9.00 Å². The molecule has 0 aliphatic carbocycles. The molecule has 0 saturated carbocycles. The summed E-state index contributed by atoms with van der Waals surface area (Å²) in [5.74, 6) is -0.713. The summed E-state index contributed by atoms with van der Waals surface area (Å²) in [6.07, 6.45) is 0. The van der Waals surface area contributed by atoms with Gasteiger partial charge in [0.05, 0.1) is 16.6 Å². The third kappa shape index (κ3) is 2.86. The monoisotopic (exact) mass is 280 g/mol. The zero-order valence-electron chi connectivity index (χ0n) is 9.75. The first kappa shape index (κ1) is 13.0. The summed E-state index contributed by atoms with van der Waals surface area (Å²) in [7, 11) is -1.20. The molecule has 0 saturated heterocycles. The van der Waals surface area contributed by atoms with Crippen molar-refractivity contribution in [2.45, 2.75) is 17.6 Å². The lowest BCUT2D eigenvalue weighted by atomic mass is 10.2. The molecule has 0 aliphatic heterocycles. The minimum atomic E-state index is -1.20. The molecule has 2 aromatic rings. The molecule has 0 amide bonds. The van der Waals surface area contributed by atoms with E-state index in [0.29, 0.717) is 5.56 Å². The highest BCUT2D eigenvalue weighted by molar-refractivity contribution is 7.84. The Hall–Kier alpha value is -1.46. The van der Waals surface area contributed by atoms with Crippen molar-refractivity contribution in [3.05, 3.63) is 51.7 Å². The number of aromatic carboxylic acids is 1. The second-order valence-corrected chi connectivity index (χ2v) is 6.25. The molecule has 94 valence electrons. The van der Waals surface area contributed by atoms with Crippen LogP contribution in [0, 0.1) is 6.92 Å². The van der Waals surface area contributed by atoms with Crippen molar-refractivity contribution in [2.24, 2.45) is 0 Å². The van der Waals surface area contributed by atoms with Gasteiger partial charge >= 0.3 is 5.97 Å². The number of carboxylic acid groups (broad SMARTS) is 1. The number of thiophene rings is 1. The largest absolute Gasteiger partial charge is 0.477 e. The maximum Gasteiger partial charge on any atom is 0.346 e. The van der Waals surface area contributed by atoms with Crippen LogP contribution in [0.4, 0.5) is 0 Å². The summed E-state index contributed by atoms with van der Waals surface area (Å²) in [4.78, 5) is 12.0. The van der Waals surface area contributed by atoms with Crippen molar-refractivity contribution in [3.8, 4) is 0 Å². The SMILES string of the molecule is Cc1ccc(S(=O)Cc2ccsc2C(=O)O)cc1. The summed E-state index contributed by atoms with van der Waals surface area (Å²) in [6.45, 7) is 1.97. The van der Waals surface area contributed by atoms with E-state index in [2.05, 4.69) is 0 Å². The highest BCUT2D eigenvalue weighted by Crippen LogP contribution is 2.21. The molecule has 18 heavy (non-hydrogen) atoms. The van der Waals surface area contributed by atoms with Gasteiger partial charge in [-0.15, -0.1) is 11.3 Å². The molecule has 0 aliphatic rings. The third-order valence-corrected chi connectivity index (χ3v) is 4.83. The Morgan fingerprint density at radius 3 is 2.56 bits per heavy atom. The van der Waals surface area contributed by atoms with Crippen LogP contribution in [0.3, 0.4) is 0 Å². The van der Waals surface area contributed by atoms with Gasteiger partial charge in [0.15, 0.2) is 0 Å². The first-order valence-electron chi connectivity index (χ1n) is 5.32. The van der Waals surface area contributed by atoms with Crippen molar-refractivity contribution >= 4 is 28.1 Å². The van der Waals surface area contributed by atoms with Gasteiger partial charge in [-0.3, -0.25) is 4.21 Å². The van der Waals surface area contributed by atoms with Gasteiger partial charge in [0.1, 0.15) is 4.88 Å². The Balaban J connectivity index is 2.19.